The lowest BCUT2D eigenvalue weighted by Crippen LogP contribution is -2.44. The van der Waals surface area contributed by atoms with Crippen molar-refractivity contribution in [2.45, 2.75) is 50.7 Å². The van der Waals surface area contributed by atoms with Crippen LogP contribution >= 0.6 is 0 Å². The van der Waals surface area contributed by atoms with Crippen LogP contribution in [0.1, 0.15) is 38.5 Å². The molecule has 1 aromatic carbocycles. The van der Waals surface area contributed by atoms with E-state index in [2.05, 4.69) is 0 Å². The molecule has 3 amide bonds. The van der Waals surface area contributed by atoms with E-state index in [-0.39, 0.29) is 36.5 Å². The molecule has 28 heavy (non-hydrogen) atoms. The Morgan fingerprint density at radius 2 is 1.93 bits per heavy atom. The average Bonchev–Trinajstić information content (AvgIpc) is 3.29. The molecule has 1 aromatic rings. The van der Waals surface area contributed by atoms with Crippen LogP contribution in [0.15, 0.2) is 18.2 Å². The van der Waals surface area contributed by atoms with Crippen molar-refractivity contribution < 1.29 is 28.2 Å². The van der Waals surface area contributed by atoms with Crippen molar-refractivity contribution in [1.29, 1.82) is 0 Å². The fraction of sp³-hybridized carbons (Fsp3) is 0.550. The zero-order valence-electron chi connectivity index (χ0n) is 15.7. The van der Waals surface area contributed by atoms with Gasteiger partial charge in [-0.2, -0.15) is 0 Å². The number of anilines is 1. The molecule has 150 valence electrons. The Labute approximate surface area is 162 Å². The number of amides is 3. The van der Waals surface area contributed by atoms with Gasteiger partial charge in [0, 0.05) is 12.6 Å². The molecule has 8 heteroatoms. The highest BCUT2D eigenvalue weighted by Crippen LogP contribution is 2.35. The first-order valence-corrected chi connectivity index (χ1v) is 9.68. The second-order valence-corrected chi connectivity index (χ2v) is 7.55. The molecule has 3 aliphatic rings. The summed E-state index contributed by atoms with van der Waals surface area (Å²) >= 11 is 0. The van der Waals surface area contributed by atoms with Crippen LogP contribution in [-0.4, -0.2) is 48.6 Å². The van der Waals surface area contributed by atoms with Crippen LogP contribution in [0.3, 0.4) is 0 Å². The maximum Gasteiger partial charge on any atom is 0.332 e. The smallest absolute Gasteiger partial charge is 0.332 e. The third-order valence-electron chi connectivity index (χ3n) is 5.85. The van der Waals surface area contributed by atoms with Gasteiger partial charge < -0.3 is 14.4 Å². The van der Waals surface area contributed by atoms with Gasteiger partial charge in [-0.05, 0) is 50.7 Å². The Bertz CT molecular complexity index is 808. The Morgan fingerprint density at radius 1 is 1.18 bits per heavy atom. The van der Waals surface area contributed by atoms with E-state index >= 15 is 0 Å². The monoisotopic (exact) mass is 390 g/mol. The van der Waals surface area contributed by atoms with Crippen molar-refractivity contribution in [1.82, 2.24) is 4.90 Å². The number of esters is 1. The molecule has 0 aromatic heterocycles. The Hall–Kier alpha value is -2.64. The number of urea groups is 1. The fourth-order valence-corrected chi connectivity index (χ4v) is 4.33. The predicted molar refractivity (Wildman–Crippen MR) is 97.4 cm³/mol. The van der Waals surface area contributed by atoms with E-state index in [1.807, 2.05) is 0 Å². The van der Waals surface area contributed by atoms with Gasteiger partial charge in [-0.25, -0.2) is 14.1 Å². The molecular formula is C20H23FN2O5. The molecule has 1 aliphatic carbocycles. The highest BCUT2D eigenvalue weighted by atomic mass is 19.1. The summed E-state index contributed by atoms with van der Waals surface area (Å²) in [7, 11) is 1.31. The first-order chi connectivity index (χ1) is 13.5. The molecule has 2 unspecified atom stereocenters. The van der Waals surface area contributed by atoms with Gasteiger partial charge in [-0.1, -0.05) is 0 Å². The summed E-state index contributed by atoms with van der Waals surface area (Å²) in [5.74, 6) is -1.69. The van der Waals surface area contributed by atoms with Gasteiger partial charge in [0.1, 0.15) is 6.04 Å². The summed E-state index contributed by atoms with van der Waals surface area (Å²) in [6, 6.07) is 2.96. The lowest BCUT2D eigenvalue weighted by Gasteiger charge is -2.30. The summed E-state index contributed by atoms with van der Waals surface area (Å²) in [6.07, 6.45) is 4.64. The molecule has 1 saturated carbocycles. The van der Waals surface area contributed by atoms with E-state index in [0.29, 0.717) is 6.42 Å². The minimum absolute atomic E-state index is 0.0136. The first kappa shape index (κ1) is 18.7. The molecule has 7 nitrogen and oxygen atoms in total. The molecule has 0 bridgehead atoms. The van der Waals surface area contributed by atoms with E-state index in [1.54, 1.807) is 0 Å². The van der Waals surface area contributed by atoms with Crippen molar-refractivity contribution in [2.24, 2.45) is 5.92 Å². The minimum atomic E-state index is -0.720. The number of hydrogen-bond acceptors (Lipinski definition) is 5. The molecule has 4 rings (SSSR count). The normalized spacial score (nSPS) is 25.2. The third-order valence-corrected chi connectivity index (χ3v) is 5.85. The number of methoxy groups -OCH3 is 1. The molecule has 2 atom stereocenters. The van der Waals surface area contributed by atoms with E-state index in [4.69, 9.17) is 9.47 Å². The summed E-state index contributed by atoms with van der Waals surface area (Å²) in [4.78, 5) is 39.8. The van der Waals surface area contributed by atoms with E-state index < -0.39 is 29.7 Å². The van der Waals surface area contributed by atoms with Crippen LogP contribution in [0.25, 0.3) is 0 Å². The number of fused-ring (bicyclic) bond motifs is 1. The van der Waals surface area contributed by atoms with Gasteiger partial charge in [-0.15, -0.1) is 0 Å². The molecule has 2 aliphatic heterocycles. The molecule has 0 N–H and O–H groups in total. The quantitative estimate of drug-likeness (QED) is 0.584. The number of ether oxygens (including phenoxy) is 2. The predicted octanol–water partition coefficient (Wildman–Crippen LogP) is 2.87. The summed E-state index contributed by atoms with van der Waals surface area (Å²) in [5, 5.41) is 0. The zero-order valence-corrected chi connectivity index (χ0v) is 15.7. The van der Waals surface area contributed by atoms with Crippen molar-refractivity contribution >= 4 is 23.6 Å². The second kappa shape index (κ2) is 7.41. The van der Waals surface area contributed by atoms with Crippen molar-refractivity contribution in [3.63, 3.8) is 0 Å². The topological polar surface area (TPSA) is 76.2 Å². The lowest BCUT2D eigenvalue weighted by molar-refractivity contribution is -0.147. The van der Waals surface area contributed by atoms with Crippen LogP contribution in [0.5, 0.6) is 5.75 Å². The van der Waals surface area contributed by atoms with Gasteiger partial charge in [-0.3, -0.25) is 9.59 Å². The third kappa shape index (κ3) is 3.21. The molecule has 2 saturated heterocycles. The average molecular weight is 390 g/mol. The SMILES string of the molecule is COC(=O)C1CCN2C(=O)N(c3ccc(OC4CCCC4)c(F)c3)C(=O)C2C1. The van der Waals surface area contributed by atoms with Crippen LogP contribution < -0.4 is 9.64 Å². The number of rotatable bonds is 4. The number of benzene rings is 1. The van der Waals surface area contributed by atoms with Gasteiger partial charge in [0.15, 0.2) is 11.6 Å². The van der Waals surface area contributed by atoms with E-state index in [9.17, 15) is 18.8 Å². The standard InChI is InChI=1S/C20H23FN2O5/c1-27-19(25)12-8-9-22-16(10-12)18(24)23(20(22)26)13-6-7-17(15(21)11-13)28-14-4-2-3-5-14/h6-7,11-12,14,16H,2-5,8-10H2,1H3. The Balaban J connectivity index is 1.52. The van der Waals surface area contributed by atoms with Gasteiger partial charge in [0.05, 0.1) is 24.8 Å². The maximum atomic E-state index is 14.5. The summed E-state index contributed by atoms with van der Waals surface area (Å²) < 4.78 is 25.0. The maximum absolute atomic E-state index is 14.5. The van der Waals surface area contributed by atoms with Crippen molar-refractivity contribution in [3.05, 3.63) is 24.0 Å². The Kier molecular flexibility index (Phi) is 4.95. The highest BCUT2D eigenvalue weighted by molar-refractivity contribution is 6.21. The molecule has 2 heterocycles. The number of hydrogen-bond donors (Lipinski definition) is 0. The highest BCUT2D eigenvalue weighted by Gasteiger charge is 2.50. The van der Waals surface area contributed by atoms with Gasteiger partial charge in [0.25, 0.3) is 5.91 Å². The lowest BCUT2D eigenvalue weighted by atomic mass is 9.91. The number of nitrogens with zero attached hydrogens (tertiary/aromatic N) is 2. The number of carbonyl (C=O) groups is 3. The van der Waals surface area contributed by atoms with E-state index in [1.165, 1.54) is 24.1 Å². The molecular weight excluding hydrogens is 367 g/mol. The van der Waals surface area contributed by atoms with E-state index in [0.717, 1.165) is 36.6 Å². The fourth-order valence-electron chi connectivity index (χ4n) is 4.33. The number of halogens is 1. The summed E-state index contributed by atoms with van der Waals surface area (Å²) in [6.45, 7) is 0.289. The minimum Gasteiger partial charge on any atom is -0.487 e. The van der Waals surface area contributed by atoms with Crippen molar-refractivity contribution in [3.8, 4) is 5.75 Å². The molecule has 0 spiro atoms. The van der Waals surface area contributed by atoms with Crippen LogP contribution in [0.2, 0.25) is 0 Å². The second-order valence-electron chi connectivity index (χ2n) is 7.55. The number of carbonyl (C=O) groups excluding carboxylic acids is 3. The van der Waals surface area contributed by atoms with Gasteiger partial charge >= 0.3 is 12.0 Å². The van der Waals surface area contributed by atoms with Crippen LogP contribution in [0.4, 0.5) is 14.9 Å². The first-order valence-electron chi connectivity index (χ1n) is 9.68. The molecule has 0 radical (unpaired) electrons. The largest absolute Gasteiger partial charge is 0.487 e. The van der Waals surface area contributed by atoms with Crippen LogP contribution in [-0.2, 0) is 14.3 Å². The number of imide groups is 1. The van der Waals surface area contributed by atoms with Gasteiger partial charge in [0.2, 0.25) is 0 Å². The zero-order chi connectivity index (χ0) is 19.8. The van der Waals surface area contributed by atoms with Crippen LogP contribution in [0, 0.1) is 11.7 Å². The number of piperidine rings is 1. The molecule has 3 fully saturated rings. The summed E-state index contributed by atoms with van der Waals surface area (Å²) in [5.41, 5.74) is 0.176. The Morgan fingerprint density at radius 3 is 2.61 bits per heavy atom. The van der Waals surface area contributed by atoms with Crippen molar-refractivity contribution in [2.75, 3.05) is 18.6 Å².